The summed E-state index contributed by atoms with van der Waals surface area (Å²) in [5, 5.41) is 0.255. The van der Waals surface area contributed by atoms with Crippen molar-refractivity contribution in [2.24, 2.45) is 0 Å². The highest BCUT2D eigenvalue weighted by Crippen LogP contribution is 2.19. The zero-order valence-corrected chi connectivity index (χ0v) is 14.0. The number of esters is 1. The number of carbonyl (C=O) groups is 1. The molecule has 9 heteroatoms. The smallest absolute Gasteiger partial charge is 0.332 e. The normalized spacial score (nSPS) is 11.0. The number of fused-ring (bicyclic) bond motifs is 1. The van der Waals surface area contributed by atoms with Gasteiger partial charge < -0.3 is 10.5 Å². The number of anilines is 1. The molecule has 0 aliphatic rings. The van der Waals surface area contributed by atoms with Crippen LogP contribution in [0.3, 0.4) is 0 Å². The van der Waals surface area contributed by atoms with Crippen LogP contribution >= 0.6 is 11.3 Å². The fourth-order valence-electron chi connectivity index (χ4n) is 2.33. The van der Waals surface area contributed by atoms with Crippen LogP contribution in [0.4, 0.5) is 5.13 Å². The van der Waals surface area contributed by atoms with Crippen molar-refractivity contribution >= 4 is 32.8 Å². The molecule has 0 fully saturated rings. The van der Waals surface area contributed by atoms with E-state index in [0.717, 1.165) is 22.3 Å². The van der Waals surface area contributed by atoms with E-state index in [9.17, 15) is 14.4 Å². The molecule has 0 spiro atoms. The van der Waals surface area contributed by atoms with E-state index in [2.05, 4.69) is 4.98 Å². The van der Waals surface area contributed by atoms with Crippen molar-refractivity contribution in [1.29, 1.82) is 0 Å². The Balaban J connectivity index is 2.37. The Morgan fingerprint density at radius 2 is 2.00 bits per heavy atom. The van der Waals surface area contributed by atoms with Gasteiger partial charge in [0.2, 0.25) is 0 Å². The lowest BCUT2D eigenvalue weighted by Gasteiger charge is -2.10. The maximum atomic E-state index is 12.5. The van der Waals surface area contributed by atoms with Gasteiger partial charge in [0.1, 0.15) is 4.70 Å². The molecule has 2 rings (SSSR count). The van der Waals surface area contributed by atoms with Crippen LogP contribution in [0.1, 0.15) is 33.1 Å². The maximum Gasteiger partial charge on any atom is 0.332 e. The molecule has 8 nitrogen and oxygen atoms in total. The van der Waals surface area contributed by atoms with Crippen molar-refractivity contribution in [2.45, 2.75) is 46.2 Å². The topological polar surface area (TPSA) is 109 Å². The molecule has 126 valence electrons. The largest absolute Gasteiger partial charge is 0.466 e. The first-order valence-electron chi connectivity index (χ1n) is 7.54. The van der Waals surface area contributed by atoms with E-state index in [1.807, 2.05) is 6.92 Å². The van der Waals surface area contributed by atoms with Crippen LogP contribution in [-0.2, 0) is 22.6 Å². The number of nitrogens with two attached hydrogens (primary N) is 1. The molecule has 2 aromatic heterocycles. The number of hydrogen-bond donors (Lipinski definition) is 1. The summed E-state index contributed by atoms with van der Waals surface area (Å²) in [4.78, 5) is 40.5. The van der Waals surface area contributed by atoms with E-state index in [-0.39, 0.29) is 24.1 Å². The Kier molecular flexibility index (Phi) is 5.54. The zero-order chi connectivity index (χ0) is 17.0. The Morgan fingerprint density at radius 1 is 1.26 bits per heavy atom. The second-order valence-corrected chi connectivity index (χ2v) is 6.04. The van der Waals surface area contributed by atoms with E-state index >= 15 is 0 Å². The summed E-state index contributed by atoms with van der Waals surface area (Å²) < 4.78 is 7.82. The van der Waals surface area contributed by atoms with Crippen LogP contribution in [0.15, 0.2) is 9.59 Å². The average Bonchev–Trinajstić information content (AvgIpc) is 2.89. The van der Waals surface area contributed by atoms with Gasteiger partial charge >= 0.3 is 11.7 Å². The number of nitrogens with zero attached hydrogens (tertiary/aromatic N) is 3. The Bertz CT molecular complexity index is 821. The van der Waals surface area contributed by atoms with E-state index < -0.39 is 11.2 Å². The SMILES string of the molecule is CCCn1c(=O)n(CCCC(=O)OCC)c(=O)c2sc(N)nc21. The molecule has 0 saturated carbocycles. The molecular weight excluding hydrogens is 320 g/mol. The van der Waals surface area contributed by atoms with Gasteiger partial charge in [-0.15, -0.1) is 0 Å². The monoisotopic (exact) mass is 340 g/mol. The minimum Gasteiger partial charge on any atom is -0.466 e. The molecule has 0 aromatic carbocycles. The highest BCUT2D eigenvalue weighted by molar-refractivity contribution is 7.21. The van der Waals surface area contributed by atoms with Crippen LogP contribution in [0, 0.1) is 0 Å². The van der Waals surface area contributed by atoms with Crippen molar-refractivity contribution in [3.8, 4) is 0 Å². The zero-order valence-electron chi connectivity index (χ0n) is 13.2. The Hall–Kier alpha value is -2.16. The van der Waals surface area contributed by atoms with Crippen LogP contribution in [-0.4, -0.2) is 26.7 Å². The quantitative estimate of drug-likeness (QED) is 0.752. The summed E-state index contributed by atoms with van der Waals surface area (Å²) in [6, 6.07) is 0. The number of ether oxygens (including phenoxy) is 1. The molecule has 0 aliphatic carbocycles. The molecule has 0 radical (unpaired) electrons. The summed E-state index contributed by atoms with van der Waals surface area (Å²) >= 11 is 1.07. The molecular formula is C14H20N4O4S. The minimum absolute atomic E-state index is 0.161. The molecule has 0 unspecified atom stereocenters. The summed E-state index contributed by atoms with van der Waals surface area (Å²) in [6.07, 6.45) is 1.25. The average molecular weight is 340 g/mol. The van der Waals surface area contributed by atoms with Crippen LogP contribution in [0.25, 0.3) is 10.3 Å². The molecule has 23 heavy (non-hydrogen) atoms. The predicted molar refractivity (Wildman–Crippen MR) is 88.7 cm³/mol. The number of thiazole rings is 1. The summed E-state index contributed by atoms with van der Waals surface area (Å²) in [5.41, 5.74) is 5.19. The first-order valence-corrected chi connectivity index (χ1v) is 8.36. The Labute approximate surface area is 136 Å². The van der Waals surface area contributed by atoms with E-state index in [4.69, 9.17) is 10.5 Å². The summed E-state index contributed by atoms with van der Waals surface area (Å²) in [7, 11) is 0. The second kappa shape index (κ2) is 7.40. The molecule has 0 atom stereocenters. The fraction of sp³-hybridized carbons (Fsp3) is 0.571. The van der Waals surface area contributed by atoms with Crippen molar-refractivity contribution in [2.75, 3.05) is 12.3 Å². The standard InChI is InChI=1S/C14H20N4O4S/c1-3-7-17-11-10(23-13(15)16-11)12(20)18(14(17)21)8-5-6-9(19)22-4-2/h3-8H2,1-2H3,(H2,15,16). The number of nitrogen functional groups attached to an aromatic ring is 1. The molecule has 0 amide bonds. The number of rotatable bonds is 7. The first-order chi connectivity index (χ1) is 11.0. The summed E-state index contributed by atoms with van der Waals surface area (Å²) in [6.45, 7) is 4.59. The Morgan fingerprint density at radius 3 is 2.65 bits per heavy atom. The van der Waals surface area contributed by atoms with Gasteiger partial charge in [0, 0.05) is 19.5 Å². The lowest BCUT2D eigenvalue weighted by molar-refractivity contribution is -0.143. The first kappa shape index (κ1) is 17.2. The van der Waals surface area contributed by atoms with Crippen LogP contribution in [0.2, 0.25) is 0 Å². The third-order valence-electron chi connectivity index (χ3n) is 3.30. The predicted octanol–water partition coefficient (Wildman–Crippen LogP) is 0.955. The number of hydrogen-bond acceptors (Lipinski definition) is 7. The van der Waals surface area contributed by atoms with Crippen molar-refractivity contribution < 1.29 is 9.53 Å². The van der Waals surface area contributed by atoms with Gasteiger partial charge in [0.05, 0.1) is 6.61 Å². The van der Waals surface area contributed by atoms with Crippen LogP contribution < -0.4 is 17.0 Å². The van der Waals surface area contributed by atoms with Crippen molar-refractivity contribution in [3.63, 3.8) is 0 Å². The third-order valence-corrected chi connectivity index (χ3v) is 4.16. The molecule has 0 bridgehead atoms. The van der Waals surface area contributed by atoms with Gasteiger partial charge in [-0.2, -0.15) is 0 Å². The minimum atomic E-state index is -0.418. The van der Waals surface area contributed by atoms with Gasteiger partial charge in [-0.05, 0) is 19.8 Å². The van der Waals surface area contributed by atoms with Gasteiger partial charge in [0.25, 0.3) is 5.56 Å². The lowest BCUT2D eigenvalue weighted by Crippen LogP contribution is -2.40. The summed E-state index contributed by atoms with van der Waals surface area (Å²) in [5.74, 6) is -0.336. The fourth-order valence-corrected chi connectivity index (χ4v) is 3.12. The molecule has 2 aromatic rings. The molecule has 2 N–H and O–H groups in total. The third kappa shape index (κ3) is 3.61. The van der Waals surface area contributed by atoms with E-state index in [1.165, 1.54) is 4.57 Å². The van der Waals surface area contributed by atoms with E-state index in [0.29, 0.717) is 29.9 Å². The number of aromatic nitrogens is 3. The van der Waals surface area contributed by atoms with Crippen molar-refractivity contribution in [3.05, 3.63) is 20.8 Å². The van der Waals surface area contributed by atoms with Crippen molar-refractivity contribution in [1.82, 2.24) is 14.1 Å². The lowest BCUT2D eigenvalue weighted by atomic mass is 10.3. The molecule has 0 saturated heterocycles. The van der Waals surface area contributed by atoms with Crippen LogP contribution in [0.5, 0.6) is 0 Å². The van der Waals surface area contributed by atoms with E-state index in [1.54, 1.807) is 6.92 Å². The maximum absolute atomic E-state index is 12.5. The number of aryl methyl sites for hydroxylation is 1. The van der Waals surface area contributed by atoms with Gasteiger partial charge in [-0.25, -0.2) is 9.78 Å². The molecule has 2 heterocycles. The molecule has 0 aliphatic heterocycles. The highest BCUT2D eigenvalue weighted by atomic mass is 32.1. The van der Waals surface area contributed by atoms with Gasteiger partial charge in [-0.1, -0.05) is 18.3 Å². The second-order valence-electron chi connectivity index (χ2n) is 5.00. The van der Waals surface area contributed by atoms with Gasteiger partial charge in [0.15, 0.2) is 10.8 Å². The number of carbonyl (C=O) groups excluding carboxylic acids is 1. The highest BCUT2D eigenvalue weighted by Gasteiger charge is 2.16. The van der Waals surface area contributed by atoms with Gasteiger partial charge in [-0.3, -0.25) is 18.7 Å².